The lowest BCUT2D eigenvalue weighted by molar-refractivity contribution is 0.0650. The highest BCUT2D eigenvalue weighted by Gasteiger charge is 2.25. The molecule has 1 amide bonds. The first-order valence-corrected chi connectivity index (χ1v) is 8.14. The minimum Gasteiger partial charge on any atom is -0.332 e. The third-order valence-corrected chi connectivity index (χ3v) is 4.68. The van der Waals surface area contributed by atoms with Gasteiger partial charge in [0.25, 0.3) is 5.91 Å². The van der Waals surface area contributed by atoms with E-state index in [-0.39, 0.29) is 11.9 Å². The second-order valence-electron chi connectivity index (χ2n) is 5.10. The van der Waals surface area contributed by atoms with E-state index in [4.69, 9.17) is 11.6 Å². The van der Waals surface area contributed by atoms with Gasteiger partial charge in [-0.25, -0.2) is 4.98 Å². The van der Waals surface area contributed by atoms with E-state index in [0.717, 1.165) is 30.2 Å². The first-order valence-electron chi connectivity index (χ1n) is 6.88. The Morgan fingerprint density at radius 3 is 3.14 bits per heavy atom. The van der Waals surface area contributed by atoms with E-state index in [0.29, 0.717) is 10.7 Å². The number of benzene rings is 1. The van der Waals surface area contributed by atoms with Gasteiger partial charge in [0.15, 0.2) is 0 Å². The number of carbonyl (C=O) groups is 1. The van der Waals surface area contributed by atoms with Crippen molar-refractivity contribution in [2.45, 2.75) is 13.0 Å². The van der Waals surface area contributed by atoms with Gasteiger partial charge < -0.3 is 10.2 Å². The summed E-state index contributed by atoms with van der Waals surface area (Å²) in [5.74, 6) is 0.00790. The molecule has 2 aromatic rings. The van der Waals surface area contributed by atoms with Crippen molar-refractivity contribution in [3.05, 3.63) is 40.4 Å². The molecule has 1 aliphatic rings. The largest absolute Gasteiger partial charge is 0.332 e. The SMILES string of the molecule is C[C@@H]1CNCCN1C(=O)c1csc(-c2cccc(Cl)c2)n1. The van der Waals surface area contributed by atoms with Gasteiger partial charge in [-0.05, 0) is 19.1 Å². The predicted octanol–water partition coefficient (Wildman–Crippen LogP) is 2.90. The van der Waals surface area contributed by atoms with E-state index in [1.54, 1.807) is 0 Å². The standard InChI is InChI=1S/C15H16ClN3OS/c1-10-8-17-5-6-19(10)15(20)13-9-21-14(18-13)11-3-2-4-12(16)7-11/h2-4,7,9-10,17H,5-6,8H2,1H3/t10-/m1/s1. The van der Waals surface area contributed by atoms with Crippen LogP contribution >= 0.6 is 22.9 Å². The molecular formula is C15H16ClN3OS. The number of thiazole rings is 1. The van der Waals surface area contributed by atoms with E-state index < -0.39 is 0 Å². The quantitative estimate of drug-likeness (QED) is 0.925. The molecule has 6 heteroatoms. The average Bonchev–Trinajstić information content (AvgIpc) is 2.97. The van der Waals surface area contributed by atoms with Gasteiger partial charge in [-0.15, -0.1) is 11.3 Å². The number of nitrogens with one attached hydrogen (secondary N) is 1. The summed E-state index contributed by atoms with van der Waals surface area (Å²) in [4.78, 5) is 18.9. The molecule has 0 saturated carbocycles. The molecule has 1 fully saturated rings. The number of rotatable bonds is 2. The third-order valence-electron chi connectivity index (χ3n) is 3.56. The molecule has 1 N–H and O–H groups in total. The van der Waals surface area contributed by atoms with Crippen LogP contribution in [-0.2, 0) is 0 Å². The number of carbonyl (C=O) groups excluding carboxylic acids is 1. The van der Waals surface area contributed by atoms with Crippen molar-refractivity contribution in [2.75, 3.05) is 19.6 Å². The lowest BCUT2D eigenvalue weighted by Gasteiger charge is -2.33. The molecule has 1 aromatic heterocycles. The number of piperazine rings is 1. The van der Waals surface area contributed by atoms with Crippen LogP contribution < -0.4 is 5.32 Å². The molecule has 110 valence electrons. The number of aromatic nitrogens is 1. The van der Waals surface area contributed by atoms with E-state index in [1.807, 2.05) is 41.5 Å². The second-order valence-corrected chi connectivity index (χ2v) is 6.39. The van der Waals surface area contributed by atoms with Gasteiger partial charge in [0, 0.05) is 41.6 Å². The maximum absolute atomic E-state index is 12.5. The zero-order chi connectivity index (χ0) is 14.8. The highest BCUT2D eigenvalue weighted by Crippen LogP contribution is 2.26. The minimum absolute atomic E-state index is 0.00790. The molecule has 0 unspecified atom stereocenters. The smallest absolute Gasteiger partial charge is 0.273 e. The molecule has 4 nitrogen and oxygen atoms in total. The summed E-state index contributed by atoms with van der Waals surface area (Å²) in [6.45, 7) is 4.44. The fourth-order valence-corrected chi connectivity index (χ4v) is 3.40. The monoisotopic (exact) mass is 321 g/mol. The fourth-order valence-electron chi connectivity index (χ4n) is 2.42. The molecular weight excluding hydrogens is 306 g/mol. The van der Waals surface area contributed by atoms with Crippen molar-refractivity contribution in [3.63, 3.8) is 0 Å². The van der Waals surface area contributed by atoms with Crippen LogP contribution in [0.2, 0.25) is 5.02 Å². The summed E-state index contributed by atoms with van der Waals surface area (Å²) >= 11 is 7.47. The highest BCUT2D eigenvalue weighted by molar-refractivity contribution is 7.13. The molecule has 0 bridgehead atoms. The van der Waals surface area contributed by atoms with Crippen LogP contribution in [0, 0.1) is 0 Å². The van der Waals surface area contributed by atoms with Crippen LogP contribution in [0.3, 0.4) is 0 Å². The molecule has 0 aliphatic carbocycles. The van der Waals surface area contributed by atoms with E-state index in [1.165, 1.54) is 11.3 Å². The molecule has 1 saturated heterocycles. The third kappa shape index (κ3) is 3.10. The lowest BCUT2D eigenvalue weighted by Crippen LogP contribution is -2.52. The van der Waals surface area contributed by atoms with Crippen molar-refractivity contribution in [3.8, 4) is 10.6 Å². The first-order chi connectivity index (χ1) is 10.1. The van der Waals surface area contributed by atoms with Crippen LogP contribution in [-0.4, -0.2) is 41.5 Å². The summed E-state index contributed by atoms with van der Waals surface area (Å²) in [7, 11) is 0. The Kier molecular flexibility index (Phi) is 4.24. The topological polar surface area (TPSA) is 45.2 Å². The fraction of sp³-hybridized carbons (Fsp3) is 0.333. The van der Waals surface area contributed by atoms with Crippen LogP contribution in [0.25, 0.3) is 10.6 Å². The van der Waals surface area contributed by atoms with Crippen LogP contribution in [0.1, 0.15) is 17.4 Å². The van der Waals surface area contributed by atoms with Crippen LogP contribution in [0.15, 0.2) is 29.6 Å². The maximum atomic E-state index is 12.5. The molecule has 21 heavy (non-hydrogen) atoms. The normalized spacial score (nSPS) is 18.8. The van der Waals surface area contributed by atoms with Crippen molar-refractivity contribution in [1.29, 1.82) is 0 Å². The molecule has 2 heterocycles. The zero-order valence-corrected chi connectivity index (χ0v) is 13.2. The van der Waals surface area contributed by atoms with Gasteiger partial charge >= 0.3 is 0 Å². The number of halogens is 1. The summed E-state index contributed by atoms with van der Waals surface area (Å²) in [5.41, 5.74) is 1.46. The Balaban J connectivity index is 1.83. The van der Waals surface area contributed by atoms with E-state index >= 15 is 0 Å². The average molecular weight is 322 g/mol. The van der Waals surface area contributed by atoms with Gasteiger partial charge in [-0.3, -0.25) is 4.79 Å². The Bertz CT molecular complexity index is 658. The van der Waals surface area contributed by atoms with Crippen LogP contribution in [0.4, 0.5) is 0 Å². The summed E-state index contributed by atoms with van der Waals surface area (Å²) in [6.07, 6.45) is 0. The second kappa shape index (κ2) is 6.13. The van der Waals surface area contributed by atoms with Crippen molar-refractivity contribution < 1.29 is 4.79 Å². The van der Waals surface area contributed by atoms with Crippen molar-refractivity contribution >= 4 is 28.8 Å². The summed E-state index contributed by atoms with van der Waals surface area (Å²) < 4.78 is 0. The minimum atomic E-state index is 0.00790. The van der Waals surface area contributed by atoms with E-state index in [9.17, 15) is 4.79 Å². The van der Waals surface area contributed by atoms with E-state index in [2.05, 4.69) is 10.3 Å². The van der Waals surface area contributed by atoms with Crippen molar-refractivity contribution in [2.24, 2.45) is 0 Å². The molecule has 0 radical (unpaired) electrons. The number of hydrogen-bond donors (Lipinski definition) is 1. The molecule has 1 aromatic carbocycles. The Morgan fingerprint density at radius 2 is 2.38 bits per heavy atom. The number of amides is 1. The Labute approximate surface area is 132 Å². The van der Waals surface area contributed by atoms with Gasteiger partial charge in [-0.2, -0.15) is 0 Å². The predicted molar refractivity (Wildman–Crippen MR) is 85.9 cm³/mol. The summed E-state index contributed by atoms with van der Waals surface area (Å²) in [6, 6.07) is 7.73. The molecule has 3 rings (SSSR count). The van der Waals surface area contributed by atoms with Crippen molar-refractivity contribution in [1.82, 2.24) is 15.2 Å². The van der Waals surface area contributed by atoms with Gasteiger partial charge in [0.1, 0.15) is 10.7 Å². The Morgan fingerprint density at radius 1 is 1.52 bits per heavy atom. The van der Waals surface area contributed by atoms with Gasteiger partial charge in [0.05, 0.1) is 0 Å². The summed E-state index contributed by atoms with van der Waals surface area (Å²) in [5, 5.41) is 6.60. The van der Waals surface area contributed by atoms with Gasteiger partial charge in [0.2, 0.25) is 0 Å². The highest BCUT2D eigenvalue weighted by atomic mass is 35.5. The number of hydrogen-bond acceptors (Lipinski definition) is 4. The zero-order valence-electron chi connectivity index (χ0n) is 11.7. The first kappa shape index (κ1) is 14.5. The lowest BCUT2D eigenvalue weighted by atomic mass is 10.2. The molecule has 1 aliphatic heterocycles. The van der Waals surface area contributed by atoms with Gasteiger partial charge in [-0.1, -0.05) is 23.7 Å². The van der Waals surface area contributed by atoms with Crippen LogP contribution in [0.5, 0.6) is 0 Å². The number of nitrogens with zero attached hydrogens (tertiary/aromatic N) is 2. The molecule has 1 atom stereocenters. The maximum Gasteiger partial charge on any atom is 0.273 e. The molecule has 0 spiro atoms. The Hall–Kier alpha value is -1.43.